The SMILES string of the molecule is Cc1ccc(OCCCNC(=O)NCc2ccncc2)cc1. The molecule has 0 radical (unpaired) electrons. The van der Waals surface area contributed by atoms with Crippen LogP contribution in [-0.2, 0) is 6.54 Å². The highest BCUT2D eigenvalue weighted by Gasteiger charge is 2.00. The predicted molar refractivity (Wildman–Crippen MR) is 85.8 cm³/mol. The molecule has 0 aliphatic heterocycles. The Morgan fingerprint density at radius 3 is 2.55 bits per heavy atom. The van der Waals surface area contributed by atoms with Gasteiger partial charge in [0.15, 0.2) is 0 Å². The zero-order chi connectivity index (χ0) is 15.6. The Hall–Kier alpha value is -2.56. The molecule has 2 N–H and O–H groups in total. The Balaban J connectivity index is 1.54. The zero-order valence-electron chi connectivity index (χ0n) is 12.7. The topological polar surface area (TPSA) is 63.2 Å². The van der Waals surface area contributed by atoms with Crippen LogP contribution in [0.15, 0.2) is 48.8 Å². The van der Waals surface area contributed by atoms with Gasteiger partial charge < -0.3 is 15.4 Å². The van der Waals surface area contributed by atoms with Crippen molar-refractivity contribution in [3.05, 3.63) is 59.9 Å². The second-order valence-corrected chi connectivity index (χ2v) is 4.98. The van der Waals surface area contributed by atoms with E-state index in [9.17, 15) is 4.79 Å². The average molecular weight is 299 g/mol. The van der Waals surface area contributed by atoms with Crippen molar-refractivity contribution in [2.45, 2.75) is 19.9 Å². The summed E-state index contributed by atoms with van der Waals surface area (Å²) in [4.78, 5) is 15.5. The predicted octanol–water partition coefficient (Wildman–Crippen LogP) is 2.66. The Morgan fingerprint density at radius 2 is 1.82 bits per heavy atom. The Bertz CT molecular complexity index is 570. The number of aromatic nitrogens is 1. The number of carbonyl (C=O) groups is 1. The summed E-state index contributed by atoms with van der Waals surface area (Å²) in [6.07, 6.45) is 4.17. The molecule has 0 aliphatic carbocycles. The summed E-state index contributed by atoms with van der Waals surface area (Å²) in [5.41, 5.74) is 2.23. The maximum Gasteiger partial charge on any atom is 0.315 e. The van der Waals surface area contributed by atoms with Gasteiger partial charge in [0.05, 0.1) is 6.61 Å². The van der Waals surface area contributed by atoms with Crippen LogP contribution in [0.1, 0.15) is 17.5 Å². The fourth-order valence-electron chi connectivity index (χ4n) is 1.84. The van der Waals surface area contributed by atoms with Crippen molar-refractivity contribution in [1.29, 1.82) is 0 Å². The molecule has 5 heteroatoms. The maximum atomic E-state index is 11.6. The van der Waals surface area contributed by atoms with Crippen LogP contribution in [0.25, 0.3) is 0 Å². The first-order valence-corrected chi connectivity index (χ1v) is 7.34. The lowest BCUT2D eigenvalue weighted by atomic mass is 10.2. The number of carbonyl (C=O) groups excluding carboxylic acids is 1. The third-order valence-electron chi connectivity index (χ3n) is 3.10. The molecule has 0 aliphatic rings. The fraction of sp³-hybridized carbons (Fsp3) is 0.294. The van der Waals surface area contributed by atoms with E-state index in [0.717, 1.165) is 17.7 Å². The standard InChI is InChI=1S/C17H21N3O2/c1-14-3-5-16(6-4-14)22-12-2-9-19-17(21)20-13-15-7-10-18-11-8-15/h3-8,10-11H,2,9,12-13H2,1H3,(H2,19,20,21). The van der Waals surface area contributed by atoms with Crippen molar-refractivity contribution < 1.29 is 9.53 Å². The van der Waals surface area contributed by atoms with E-state index >= 15 is 0 Å². The average Bonchev–Trinajstić information content (AvgIpc) is 2.55. The minimum atomic E-state index is -0.174. The molecule has 2 aromatic rings. The molecule has 1 heterocycles. The lowest BCUT2D eigenvalue weighted by Crippen LogP contribution is -2.36. The maximum absolute atomic E-state index is 11.6. The van der Waals surface area contributed by atoms with Crippen molar-refractivity contribution in [2.75, 3.05) is 13.2 Å². The van der Waals surface area contributed by atoms with Gasteiger partial charge in [0.25, 0.3) is 0 Å². The number of rotatable bonds is 7. The summed E-state index contributed by atoms with van der Waals surface area (Å²) in [6, 6.07) is 11.5. The second kappa shape index (κ2) is 8.67. The van der Waals surface area contributed by atoms with Crippen LogP contribution in [0.5, 0.6) is 5.75 Å². The molecular formula is C17H21N3O2. The number of pyridine rings is 1. The second-order valence-electron chi connectivity index (χ2n) is 4.98. The van der Waals surface area contributed by atoms with E-state index in [-0.39, 0.29) is 6.03 Å². The zero-order valence-corrected chi connectivity index (χ0v) is 12.7. The molecule has 22 heavy (non-hydrogen) atoms. The van der Waals surface area contributed by atoms with Crippen LogP contribution in [0.4, 0.5) is 4.79 Å². The lowest BCUT2D eigenvalue weighted by molar-refractivity contribution is 0.238. The highest BCUT2D eigenvalue weighted by molar-refractivity contribution is 5.73. The summed E-state index contributed by atoms with van der Waals surface area (Å²) in [5.74, 6) is 0.854. The molecule has 116 valence electrons. The Morgan fingerprint density at radius 1 is 1.09 bits per heavy atom. The molecule has 0 unspecified atom stereocenters. The van der Waals surface area contributed by atoms with Gasteiger partial charge in [-0.1, -0.05) is 17.7 Å². The van der Waals surface area contributed by atoms with Gasteiger partial charge in [-0.2, -0.15) is 0 Å². The normalized spacial score (nSPS) is 10.0. The number of urea groups is 1. The quantitative estimate of drug-likeness (QED) is 0.773. The van der Waals surface area contributed by atoms with Gasteiger partial charge in [-0.05, 0) is 43.2 Å². The van der Waals surface area contributed by atoms with Crippen LogP contribution < -0.4 is 15.4 Å². The molecule has 2 rings (SSSR count). The summed E-state index contributed by atoms with van der Waals surface area (Å²) in [7, 11) is 0. The van der Waals surface area contributed by atoms with E-state index in [1.807, 2.05) is 43.3 Å². The van der Waals surface area contributed by atoms with Crippen LogP contribution in [-0.4, -0.2) is 24.2 Å². The van der Waals surface area contributed by atoms with Gasteiger partial charge in [-0.25, -0.2) is 4.79 Å². The fourth-order valence-corrected chi connectivity index (χ4v) is 1.84. The van der Waals surface area contributed by atoms with Crippen molar-refractivity contribution in [3.8, 4) is 5.75 Å². The number of hydrogen-bond acceptors (Lipinski definition) is 3. The molecule has 2 amide bonds. The highest BCUT2D eigenvalue weighted by Crippen LogP contribution is 2.11. The molecule has 0 atom stereocenters. The number of nitrogens with one attached hydrogen (secondary N) is 2. The molecule has 0 spiro atoms. The highest BCUT2D eigenvalue weighted by atomic mass is 16.5. The minimum Gasteiger partial charge on any atom is -0.494 e. The van der Waals surface area contributed by atoms with Gasteiger partial charge in [-0.3, -0.25) is 4.98 Å². The van der Waals surface area contributed by atoms with Crippen molar-refractivity contribution in [2.24, 2.45) is 0 Å². The van der Waals surface area contributed by atoms with Gasteiger partial charge in [0.2, 0.25) is 0 Å². The van der Waals surface area contributed by atoms with Crippen LogP contribution in [0, 0.1) is 6.92 Å². The molecule has 0 saturated heterocycles. The molecule has 1 aromatic carbocycles. The number of aryl methyl sites for hydroxylation is 1. The third kappa shape index (κ3) is 5.83. The number of ether oxygens (including phenoxy) is 1. The van der Waals surface area contributed by atoms with Crippen molar-refractivity contribution in [1.82, 2.24) is 15.6 Å². The van der Waals surface area contributed by atoms with E-state index in [1.165, 1.54) is 5.56 Å². The Kier molecular flexibility index (Phi) is 6.23. The molecule has 0 fully saturated rings. The first kappa shape index (κ1) is 15.8. The summed E-state index contributed by atoms with van der Waals surface area (Å²) in [5, 5.41) is 5.60. The molecule has 0 saturated carbocycles. The number of hydrogen-bond donors (Lipinski definition) is 2. The van der Waals surface area contributed by atoms with Gasteiger partial charge >= 0.3 is 6.03 Å². The number of nitrogens with zero attached hydrogens (tertiary/aromatic N) is 1. The molecule has 5 nitrogen and oxygen atoms in total. The number of benzene rings is 1. The smallest absolute Gasteiger partial charge is 0.315 e. The summed E-state index contributed by atoms with van der Waals surface area (Å²) >= 11 is 0. The third-order valence-corrected chi connectivity index (χ3v) is 3.10. The molecule has 1 aromatic heterocycles. The van der Waals surface area contributed by atoms with Crippen LogP contribution >= 0.6 is 0 Å². The first-order valence-electron chi connectivity index (χ1n) is 7.34. The van der Waals surface area contributed by atoms with Crippen molar-refractivity contribution in [3.63, 3.8) is 0 Å². The van der Waals surface area contributed by atoms with E-state index in [1.54, 1.807) is 12.4 Å². The summed E-state index contributed by atoms with van der Waals surface area (Å²) in [6.45, 7) is 3.69. The van der Waals surface area contributed by atoms with E-state index < -0.39 is 0 Å². The minimum absolute atomic E-state index is 0.174. The van der Waals surface area contributed by atoms with Gasteiger partial charge in [0, 0.05) is 25.5 Å². The molecular weight excluding hydrogens is 278 g/mol. The van der Waals surface area contributed by atoms with E-state index in [2.05, 4.69) is 15.6 Å². The van der Waals surface area contributed by atoms with Gasteiger partial charge in [0.1, 0.15) is 5.75 Å². The van der Waals surface area contributed by atoms with E-state index in [0.29, 0.717) is 19.7 Å². The Labute approximate surface area is 130 Å². The molecule has 0 bridgehead atoms. The monoisotopic (exact) mass is 299 g/mol. The van der Waals surface area contributed by atoms with Gasteiger partial charge in [-0.15, -0.1) is 0 Å². The lowest BCUT2D eigenvalue weighted by Gasteiger charge is -2.09. The van der Waals surface area contributed by atoms with E-state index in [4.69, 9.17) is 4.74 Å². The summed E-state index contributed by atoms with van der Waals surface area (Å²) < 4.78 is 5.59. The van der Waals surface area contributed by atoms with Crippen LogP contribution in [0.3, 0.4) is 0 Å². The first-order chi connectivity index (χ1) is 10.7. The largest absolute Gasteiger partial charge is 0.494 e. The van der Waals surface area contributed by atoms with Crippen LogP contribution in [0.2, 0.25) is 0 Å². The van der Waals surface area contributed by atoms with Crippen molar-refractivity contribution >= 4 is 6.03 Å². The number of amides is 2.